The van der Waals surface area contributed by atoms with Crippen LogP contribution in [0.2, 0.25) is 0 Å². The largest absolute Gasteiger partial charge is 0.467 e. The SMILES string of the molecule is Cc1cc(/C=C2\SC(=O)N(CC(=O)N3CCOCC3)C2=O)c(C)n1Cc1ccco1. The fourth-order valence-electron chi connectivity index (χ4n) is 3.60. The topological polar surface area (TPSA) is 85.0 Å². The molecule has 0 atom stereocenters. The molecule has 30 heavy (non-hydrogen) atoms. The van der Waals surface area contributed by atoms with Crippen molar-refractivity contribution >= 4 is 34.9 Å². The number of ether oxygens (including phenoxy) is 1. The van der Waals surface area contributed by atoms with Gasteiger partial charge >= 0.3 is 0 Å². The van der Waals surface area contributed by atoms with Gasteiger partial charge in [-0.2, -0.15) is 0 Å². The van der Waals surface area contributed by atoms with Crippen molar-refractivity contribution in [3.05, 3.63) is 52.1 Å². The lowest BCUT2D eigenvalue weighted by atomic mass is 10.2. The zero-order chi connectivity index (χ0) is 21.3. The van der Waals surface area contributed by atoms with Crippen LogP contribution < -0.4 is 0 Å². The van der Waals surface area contributed by atoms with Crippen LogP contribution in [-0.2, 0) is 20.9 Å². The summed E-state index contributed by atoms with van der Waals surface area (Å²) < 4.78 is 12.8. The minimum absolute atomic E-state index is 0.237. The Bertz CT molecular complexity index is 1000. The normalized spacial score (nSPS) is 18.7. The van der Waals surface area contributed by atoms with Gasteiger partial charge in [-0.05, 0) is 55.4 Å². The number of hydrogen-bond donors (Lipinski definition) is 0. The van der Waals surface area contributed by atoms with Crippen molar-refractivity contribution in [3.63, 3.8) is 0 Å². The number of nitrogens with zero attached hydrogens (tertiary/aromatic N) is 3. The molecule has 2 saturated heterocycles. The summed E-state index contributed by atoms with van der Waals surface area (Å²) in [7, 11) is 0. The van der Waals surface area contributed by atoms with Gasteiger partial charge in [0.2, 0.25) is 5.91 Å². The monoisotopic (exact) mass is 429 g/mol. The van der Waals surface area contributed by atoms with Crippen molar-refractivity contribution in [2.45, 2.75) is 20.4 Å². The summed E-state index contributed by atoms with van der Waals surface area (Å²) in [5, 5.41) is -0.419. The van der Waals surface area contributed by atoms with Crippen LogP contribution in [0, 0.1) is 13.8 Å². The molecular weight excluding hydrogens is 406 g/mol. The number of rotatable bonds is 5. The predicted molar refractivity (Wildman–Crippen MR) is 112 cm³/mol. The maximum absolute atomic E-state index is 12.8. The van der Waals surface area contributed by atoms with E-state index in [0.29, 0.717) is 37.8 Å². The first-order valence-corrected chi connectivity index (χ1v) is 10.6. The second kappa shape index (κ2) is 8.53. The minimum Gasteiger partial charge on any atom is -0.467 e. The Kier molecular flexibility index (Phi) is 5.83. The van der Waals surface area contributed by atoms with Gasteiger partial charge in [0.1, 0.15) is 12.3 Å². The van der Waals surface area contributed by atoms with Crippen LogP contribution in [0.3, 0.4) is 0 Å². The van der Waals surface area contributed by atoms with Crippen LogP contribution in [0.1, 0.15) is 22.7 Å². The first-order chi connectivity index (χ1) is 14.4. The number of imide groups is 1. The molecular formula is C21H23N3O5S. The number of carbonyl (C=O) groups excluding carboxylic acids is 3. The molecule has 8 nitrogen and oxygen atoms in total. The van der Waals surface area contributed by atoms with Crippen LogP contribution >= 0.6 is 11.8 Å². The molecule has 3 amide bonds. The number of aryl methyl sites for hydroxylation is 1. The average molecular weight is 429 g/mol. The molecule has 0 spiro atoms. The molecule has 2 aliphatic rings. The average Bonchev–Trinajstić information content (AvgIpc) is 3.41. The quantitative estimate of drug-likeness (QED) is 0.680. The van der Waals surface area contributed by atoms with Gasteiger partial charge in [0, 0.05) is 24.5 Å². The van der Waals surface area contributed by atoms with E-state index in [4.69, 9.17) is 9.15 Å². The Morgan fingerprint density at radius 2 is 2.00 bits per heavy atom. The Morgan fingerprint density at radius 3 is 2.70 bits per heavy atom. The molecule has 0 radical (unpaired) electrons. The van der Waals surface area contributed by atoms with Crippen molar-refractivity contribution in [1.29, 1.82) is 0 Å². The summed E-state index contributed by atoms with van der Waals surface area (Å²) in [4.78, 5) is 40.6. The van der Waals surface area contributed by atoms with E-state index in [1.807, 2.05) is 32.0 Å². The van der Waals surface area contributed by atoms with Crippen molar-refractivity contribution in [1.82, 2.24) is 14.4 Å². The maximum atomic E-state index is 12.8. The molecule has 2 fully saturated rings. The van der Waals surface area contributed by atoms with Crippen LogP contribution in [0.4, 0.5) is 4.79 Å². The molecule has 9 heteroatoms. The number of furan rings is 1. The van der Waals surface area contributed by atoms with Gasteiger partial charge < -0.3 is 18.6 Å². The van der Waals surface area contributed by atoms with E-state index < -0.39 is 11.1 Å². The summed E-state index contributed by atoms with van der Waals surface area (Å²) in [5.41, 5.74) is 2.86. The molecule has 0 aromatic carbocycles. The van der Waals surface area contributed by atoms with Gasteiger partial charge in [-0.15, -0.1) is 0 Å². The van der Waals surface area contributed by atoms with Gasteiger partial charge in [0.05, 0.1) is 30.9 Å². The van der Waals surface area contributed by atoms with Crippen molar-refractivity contribution in [2.75, 3.05) is 32.8 Å². The lowest BCUT2D eigenvalue weighted by Crippen LogP contribution is -2.46. The molecule has 0 unspecified atom stereocenters. The van der Waals surface area contributed by atoms with E-state index in [2.05, 4.69) is 4.57 Å². The number of hydrogen-bond acceptors (Lipinski definition) is 6. The first kappa shape index (κ1) is 20.5. The van der Waals surface area contributed by atoms with Crippen LogP contribution in [0.5, 0.6) is 0 Å². The second-order valence-electron chi connectivity index (χ2n) is 7.25. The molecule has 4 heterocycles. The highest BCUT2D eigenvalue weighted by atomic mass is 32.2. The molecule has 158 valence electrons. The molecule has 0 saturated carbocycles. The van der Waals surface area contributed by atoms with E-state index in [0.717, 1.165) is 39.4 Å². The first-order valence-electron chi connectivity index (χ1n) is 9.74. The van der Waals surface area contributed by atoms with Gasteiger partial charge in [-0.25, -0.2) is 0 Å². The molecule has 2 aromatic heterocycles. The Morgan fingerprint density at radius 1 is 1.23 bits per heavy atom. The summed E-state index contributed by atoms with van der Waals surface area (Å²) in [6.45, 7) is 6.21. The Labute approximate surface area is 178 Å². The highest BCUT2D eigenvalue weighted by molar-refractivity contribution is 8.18. The second-order valence-corrected chi connectivity index (χ2v) is 8.25. The molecule has 4 rings (SSSR count). The van der Waals surface area contributed by atoms with Gasteiger partial charge in [-0.3, -0.25) is 19.3 Å². The van der Waals surface area contributed by atoms with E-state index in [1.54, 1.807) is 17.2 Å². The van der Waals surface area contributed by atoms with Gasteiger partial charge in [0.15, 0.2) is 0 Å². The van der Waals surface area contributed by atoms with Crippen LogP contribution in [0.25, 0.3) is 6.08 Å². The minimum atomic E-state index is -0.428. The predicted octanol–water partition coefficient (Wildman–Crippen LogP) is 2.64. The third-order valence-corrected chi connectivity index (χ3v) is 6.23. The summed E-state index contributed by atoms with van der Waals surface area (Å²) in [6, 6.07) is 5.74. The highest BCUT2D eigenvalue weighted by Crippen LogP contribution is 2.33. The van der Waals surface area contributed by atoms with E-state index in [1.165, 1.54) is 0 Å². The maximum Gasteiger partial charge on any atom is 0.294 e. The van der Waals surface area contributed by atoms with Crippen molar-refractivity contribution < 1.29 is 23.5 Å². The number of morpholine rings is 1. The van der Waals surface area contributed by atoms with E-state index >= 15 is 0 Å². The Balaban J connectivity index is 1.50. The fraction of sp³-hybridized carbons (Fsp3) is 0.381. The molecule has 2 aliphatic heterocycles. The smallest absolute Gasteiger partial charge is 0.294 e. The summed E-state index contributed by atoms with van der Waals surface area (Å²) in [6.07, 6.45) is 3.36. The standard InChI is InChI=1S/C21H23N3O5S/c1-14-10-16(15(2)23(14)12-17-4-3-7-29-17)11-18-20(26)24(21(27)30-18)13-19(25)22-5-8-28-9-6-22/h3-4,7,10-11H,5-6,8-9,12-13H2,1-2H3/b18-11-. The van der Waals surface area contributed by atoms with E-state index in [-0.39, 0.29) is 12.5 Å². The third-order valence-electron chi connectivity index (χ3n) is 5.32. The molecule has 2 aromatic rings. The number of amides is 3. The lowest BCUT2D eigenvalue weighted by Gasteiger charge is -2.28. The number of aromatic nitrogens is 1. The summed E-state index contributed by atoms with van der Waals surface area (Å²) in [5.74, 6) is 0.172. The van der Waals surface area contributed by atoms with E-state index in [9.17, 15) is 14.4 Å². The summed E-state index contributed by atoms with van der Waals surface area (Å²) >= 11 is 0.870. The van der Waals surface area contributed by atoms with Crippen molar-refractivity contribution in [3.8, 4) is 0 Å². The number of carbonyl (C=O) groups is 3. The number of thioether (sulfide) groups is 1. The van der Waals surface area contributed by atoms with Gasteiger partial charge in [-0.1, -0.05) is 0 Å². The van der Waals surface area contributed by atoms with Crippen LogP contribution in [0.15, 0.2) is 33.8 Å². The highest BCUT2D eigenvalue weighted by Gasteiger charge is 2.37. The fourth-order valence-corrected chi connectivity index (χ4v) is 4.43. The zero-order valence-electron chi connectivity index (χ0n) is 16.9. The van der Waals surface area contributed by atoms with Crippen molar-refractivity contribution in [2.24, 2.45) is 0 Å². The Hall–Kier alpha value is -2.78. The third kappa shape index (κ3) is 4.08. The molecule has 0 N–H and O–H groups in total. The molecule has 0 bridgehead atoms. The lowest BCUT2D eigenvalue weighted by molar-refractivity contribution is -0.139. The van der Waals surface area contributed by atoms with Crippen LogP contribution in [-0.4, -0.2) is 64.3 Å². The van der Waals surface area contributed by atoms with Gasteiger partial charge in [0.25, 0.3) is 11.1 Å². The molecule has 0 aliphatic carbocycles. The zero-order valence-corrected chi connectivity index (χ0v) is 17.7.